The fourth-order valence-electron chi connectivity index (χ4n) is 22.6. The summed E-state index contributed by atoms with van der Waals surface area (Å²) >= 11 is 0. The first kappa shape index (κ1) is 55.7. The van der Waals surface area contributed by atoms with Gasteiger partial charge in [0, 0.05) is 32.6 Å². The van der Waals surface area contributed by atoms with Crippen molar-refractivity contribution < 1.29 is 33.4 Å². The number of ether oxygens (including phenoxy) is 3. The van der Waals surface area contributed by atoms with Crippen molar-refractivity contribution in [3.8, 4) is 12.3 Å². The number of allylic oxidation sites excluding steroid dienone is 3. The van der Waals surface area contributed by atoms with Gasteiger partial charge >= 0.3 is 17.9 Å². The number of rotatable bonds is 3. The lowest BCUT2D eigenvalue weighted by Gasteiger charge is -2.61. The predicted octanol–water partition coefficient (Wildman–Crippen LogP) is 15.8. The SMILES string of the molecule is C#CC1(OC(C)=O)CCC2C3CCC4CC(OC(C)=O)CC[C@]4(C)C3CC[C@@]21C.C=C=C1CCC2C3CCC4=CC(=O)CC[C@]4(C)C3CC[C@]12C.C=C=C1CCC2C3CCC4CC(OC(C)=O)CC[C@]4(C)C3CC[C@]12C. The fraction of sp³-hybridized carbons (Fsp3) is 0.797. The van der Waals surface area contributed by atoms with Gasteiger partial charge in [0.25, 0.3) is 0 Å². The minimum atomic E-state index is -0.737. The van der Waals surface area contributed by atoms with Crippen LogP contribution in [-0.4, -0.2) is 41.5 Å². The highest BCUT2D eigenvalue weighted by Crippen LogP contribution is 2.71. The minimum Gasteiger partial charge on any atom is -0.463 e. The molecular formula is C69H98O7. The standard InChI is InChI=1S/C25H36O4.C23H34O2.C21H28O/c1-6-25(29-17(3)27)14-11-22-20-8-7-18-15-19(28-16(2)26)9-12-23(18,4)21(20)10-13-24(22,25)5;1-5-16-7-9-20-19-8-6-17-14-18(25-15(2)24)10-12-23(17,4)21(19)11-13-22(16,20)3;1-4-14-6-8-18-17-7-5-15-13-16(22)9-11-21(15,3)19(17)10-12-20(14,18)2/h1,18-22H,7-15H2,2-5H3;17-21H,1,6-14H2,2-4H3;13,17-19H,1,5-12H2,2-3H3/t18?,19?,20?,21?,22?,23-,24-,25?;17?,18?,19?,20?,21?,22-,23+;17?,18?,19?,20-,21+/m011/s1. The summed E-state index contributed by atoms with van der Waals surface area (Å²) in [5, 5.41) is 0. The van der Waals surface area contributed by atoms with Gasteiger partial charge in [0.05, 0.1) is 0 Å². The van der Waals surface area contributed by atoms with Crippen molar-refractivity contribution in [1.82, 2.24) is 0 Å². The lowest BCUT2D eigenvalue weighted by molar-refractivity contribution is -0.178. The summed E-state index contributed by atoms with van der Waals surface area (Å²) < 4.78 is 17.0. The molecule has 12 aliphatic carbocycles. The molecule has 0 radical (unpaired) electrons. The molecule has 12 rings (SSSR count). The van der Waals surface area contributed by atoms with Gasteiger partial charge in [-0.25, -0.2) is 0 Å². The van der Waals surface area contributed by atoms with Crippen LogP contribution in [0.2, 0.25) is 0 Å². The first-order valence-corrected chi connectivity index (χ1v) is 31.1. The molecule has 11 fully saturated rings. The fourth-order valence-corrected chi connectivity index (χ4v) is 22.6. The Morgan fingerprint density at radius 3 is 1.49 bits per heavy atom. The minimum absolute atomic E-state index is 0.0977. The van der Waals surface area contributed by atoms with Crippen LogP contribution >= 0.6 is 0 Å². The lowest BCUT2D eigenvalue weighted by atomic mass is 9.44. The highest BCUT2D eigenvalue weighted by atomic mass is 16.6. The molecule has 12 aliphatic rings. The Balaban J connectivity index is 0.000000131. The molecule has 0 bridgehead atoms. The molecule has 0 heterocycles. The monoisotopic (exact) mass is 1040 g/mol. The van der Waals surface area contributed by atoms with Crippen molar-refractivity contribution in [2.24, 2.45) is 97.6 Å². The van der Waals surface area contributed by atoms with E-state index in [2.05, 4.69) is 72.1 Å². The number of hydrogen-bond donors (Lipinski definition) is 0. The molecule has 7 heteroatoms. The van der Waals surface area contributed by atoms with E-state index < -0.39 is 5.60 Å². The van der Waals surface area contributed by atoms with Crippen molar-refractivity contribution in [3.63, 3.8) is 0 Å². The van der Waals surface area contributed by atoms with Gasteiger partial charge in [-0.3, -0.25) is 19.2 Å². The summed E-state index contributed by atoms with van der Waals surface area (Å²) in [5.41, 5.74) is 12.1. The summed E-state index contributed by atoms with van der Waals surface area (Å²) in [6, 6.07) is 0. The summed E-state index contributed by atoms with van der Waals surface area (Å²) in [6.45, 7) is 27.3. The van der Waals surface area contributed by atoms with Gasteiger partial charge in [0.15, 0.2) is 11.4 Å². The van der Waals surface area contributed by atoms with E-state index in [1.165, 1.54) is 120 Å². The Bertz CT molecular complexity index is 2500. The highest BCUT2D eigenvalue weighted by molar-refractivity contribution is 5.91. The van der Waals surface area contributed by atoms with Gasteiger partial charge in [-0.15, -0.1) is 17.9 Å². The van der Waals surface area contributed by atoms with E-state index >= 15 is 0 Å². The van der Waals surface area contributed by atoms with Crippen LogP contribution in [0.5, 0.6) is 0 Å². The number of carbonyl (C=O) groups excluding carboxylic acids is 4. The molecule has 76 heavy (non-hydrogen) atoms. The van der Waals surface area contributed by atoms with E-state index in [1.54, 1.807) is 6.92 Å². The summed E-state index contributed by atoms with van der Waals surface area (Å²) in [4.78, 5) is 46.5. The van der Waals surface area contributed by atoms with Crippen LogP contribution in [0.15, 0.2) is 47.4 Å². The zero-order valence-electron chi connectivity index (χ0n) is 48.8. The van der Waals surface area contributed by atoms with Crippen LogP contribution < -0.4 is 0 Å². The Kier molecular flexibility index (Phi) is 15.0. The molecule has 0 aliphatic heterocycles. The van der Waals surface area contributed by atoms with Crippen LogP contribution in [0.1, 0.15) is 229 Å². The van der Waals surface area contributed by atoms with E-state index in [0.717, 1.165) is 118 Å². The maximum Gasteiger partial charge on any atom is 0.304 e. The molecule has 0 spiro atoms. The first-order chi connectivity index (χ1) is 36.0. The van der Waals surface area contributed by atoms with Gasteiger partial charge in [0.2, 0.25) is 0 Å². The van der Waals surface area contributed by atoms with Gasteiger partial charge in [0.1, 0.15) is 12.2 Å². The Labute approximate surface area is 459 Å². The molecule has 0 saturated heterocycles. The van der Waals surface area contributed by atoms with Crippen molar-refractivity contribution in [3.05, 3.63) is 47.4 Å². The summed E-state index contributed by atoms with van der Waals surface area (Å²) in [7, 11) is 0. The van der Waals surface area contributed by atoms with Crippen LogP contribution in [0.25, 0.3) is 0 Å². The van der Waals surface area contributed by atoms with Gasteiger partial charge in [-0.1, -0.05) is 66.2 Å². The average Bonchev–Trinajstić information content (AvgIpc) is 4.01. The zero-order valence-corrected chi connectivity index (χ0v) is 48.8. The molecule has 7 nitrogen and oxygen atoms in total. The molecular weight excluding hydrogens is 941 g/mol. The maximum atomic E-state index is 11.9. The second-order valence-electron chi connectivity index (χ2n) is 29.2. The molecule has 0 aromatic rings. The van der Waals surface area contributed by atoms with E-state index in [0.29, 0.717) is 56.5 Å². The van der Waals surface area contributed by atoms with Crippen LogP contribution in [0.4, 0.5) is 0 Å². The molecule has 0 aromatic heterocycles. The smallest absolute Gasteiger partial charge is 0.304 e. The molecule has 14 unspecified atom stereocenters. The quantitative estimate of drug-likeness (QED) is 0.120. The largest absolute Gasteiger partial charge is 0.463 e. The maximum absolute atomic E-state index is 11.9. The second kappa shape index (κ2) is 20.5. The number of terminal acetylenes is 1. The number of esters is 3. The number of ketones is 1. The molecule has 20 atom stereocenters. The molecule has 0 aromatic carbocycles. The third-order valence-electron chi connectivity index (χ3n) is 26.5. The van der Waals surface area contributed by atoms with Crippen molar-refractivity contribution in [2.75, 3.05) is 0 Å². The summed E-state index contributed by atoms with van der Waals surface area (Å²) in [5.74, 6) is 11.1. The topological polar surface area (TPSA) is 96.0 Å². The molecule has 11 saturated carbocycles. The zero-order chi connectivity index (χ0) is 54.4. The highest BCUT2D eigenvalue weighted by Gasteiger charge is 2.67. The third kappa shape index (κ3) is 8.98. The van der Waals surface area contributed by atoms with Gasteiger partial charge < -0.3 is 14.2 Å². The van der Waals surface area contributed by atoms with E-state index in [9.17, 15) is 19.2 Å². The Morgan fingerprint density at radius 1 is 0.513 bits per heavy atom. The predicted molar refractivity (Wildman–Crippen MR) is 300 cm³/mol. The summed E-state index contributed by atoms with van der Waals surface area (Å²) in [6.07, 6.45) is 38.8. The van der Waals surface area contributed by atoms with E-state index in [4.69, 9.17) is 20.6 Å². The van der Waals surface area contributed by atoms with E-state index in [1.807, 2.05) is 6.08 Å². The molecule has 0 N–H and O–H groups in total. The number of fused-ring (bicyclic) bond motifs is 15. The van der Waals surface area contributed by atoms with Crippen molar-refractivity contribution >= 4 is 23.7 Å². The third-order valence-corrected chi connectivity index (χ3v) is 26.5. The van der Waals surface area contributed by atoms with Crippen LogP contribution in [-0.2, 0) is 33.4 Å². The first-order valence-electron chi connectivity index (χ1n) is 31.1. The average molecular weight is 1040 g/mol. The van der Waals surface area contributed by atoms with Crippen LogP contribution in [0, 0.1) is 110 Å². The second-order valence-corrected chi connectivity index (χ2v) is 29.2. The van der Waals surface area contributed by atoms with Gasteiger partial charge in [-0.05, 0) is 270 Å². The molecule has 416 valence electrons. The van der Waals surface area contributed by atoms with Crippen molar-refractivity contribution in [1.29, 1.82) is 0 Å². The molecule has 0 amide bonds. The normalized spacial score (nSPS) is 48.2. The number of hydrogen-bond acceptors (Lipinski definition) is 7. The Morgan fingerprint density at radius 2 is 0.987 bits per heavy atom. The Hall–Kier alpha value is -3.58. The van der Waals surface area contributed by atoms with E-state index in [-0.39, 0.29) is 35.5 Å². The van der Waals surface area contributed by atoms with Crippen LogP contribution in [0.3, 0.4) is 0 Å². The van der Waals surface area contributed by atoms with Gasteiger partial charge in [-0.2, -0.15) is 0 Å². The number of carbonyl (C=O) groups is 4. The van der Waals surface area contributed by atoms with Crippen molar-refractivity contribution in [2.45, 2.75) is 247 Å². The lowest BCUT2D eigenvalue weighted by Crippen LogP contribution is -2.57.